The predicted octanol–water partition coefficient (Wildman–Crippen LogP) is 25.5. The summed E-state index contributed by atoms with van der Waals surface area (Å²) < 4.78 is 68.8. The molecular formula is C84H164O17P2. The molecule has 0 amide bonds. The van der Waals surface area contributed by atoms with E-state index in [4.69, 9.17) is 37.0 Å². The molecule has 0 rings (SSSR count). The zero-order valence-corrected chi connectivity index (χ0v) is 69.4. The Morgan fingerprint density at radius 1 is 0.262 bits per heavy atom. The maximum absolute atomic E-state index is 13.1. The second-order valence-corrected chi connectivity index (χ2v) is 34.1. The highest BCUT2D eigenvalue weighted by Crippen LogP contribution is 2.45. The third-order valence-corrected chi connectivity index (χ3v) is 21.6. The largest absolute Gasteiger partial charge is 0.472 e. The van der Waals surface area contributed by atoms with Crippen LogP contribution in [-0.4, -0.2) is 96.7 Å². The van der Waals surface area contributed by atoms with Gasteiger partial charge in [-0.2, -0.15) is 0 Å². The van der Waals surface area contributed by atoms with Crippen LogP contribution in [0.5, 0.6) is 0 Å². The van der Waals surface area contributed by atoms with Gasteiger partial charge in [-0.3, -0.25) is 37.3 Å². The summed E-state index contributed by atoms with van der Waals surface area (Å²) in [4.78, 5) is 73.1. The SMILES string of the molecule is CCCCCCCCCCCCCCCCCCCCCCCCC(=O)O[C@H](COC(=O)CCCCCCCCCCCCCCCCCCC(C)C)COP(=O)(O)OC[C@@H](O)COP(=O)(O)OC[C@@H](COC(=O)CCCCCCCCCCCC)OC(=O)CCCCCCCCCCCC(C)C. The van der Waals surface area contributed by atoms with Crippen LogP contribution in [-0.2, 0) is 65.4 Å². The number of carbonyl (C=O) groups excluding carboxylic acids is 4. The minimum absolute atomic E-state index is 0.106. The highest BCUT2D eigenvalue weighted by molar-refractivity contribution is 7.47. The van der Waals surface area contributed by atoms with Crippen molar-refractivity contribution in [2.75, 3.05) is 39.6 Å². The van der Waals surface area contributed by atoms with Crippen LogP contribution < -0.4 is 0 Å². The van der Waals surface area contributed by atoms with Gasteiger partial charge in [-0.25, -0.2) is 9.13 Å². The molecule has 19 heteroatoms. The van der Waals surface area contributed by atoms with E-state index in [1.807, 2.05) is 0 Å². The number of esters is 4. The predicted molar refractivity (Wildman–Crippen MR) is 423 cm³/mol. The Labute approximate surface area is 632 Å². The molecule has 0 fully saturated rings. The molecule has 0 spiro atoms. The molecule has 0 saturated carbocycles. The van der Waals surface area contributed by atoms with Crippen LogP contribution in [0, 0.1) is 11.8 Å². The van der Waals surface area contributed by atoms with Gasteiger partial charge >= 0.3 is 39.5 Å². The van der Waals surface area contributed by atoms with E-state index in [9.17, 15) is 43.2 Å². The van der Waals surface area contributed by atoms with Crippen molar-refractivity contribution < 1.29 is 80.2 Å². The van der Waals surface area contributed by atoms with Crippen molar-refractivity contribution >= 4 is 39.5 Å². The average Bonchev–Trinajstić information content (AvgIpc) is 0.933. The zero-order chi connectivity index (χ0) is 75.6. The number of ether oxygens (including phenoxy) is 4. The third kappa shape index (κ3) is 78.0. The molecule has 3 N–H and O–H groups in total. The third-order valence-electron chi connectivity index (χ3n) is 19.7. The van der Waals surface area contributed by atoms with E-state index in [-0.39, 0.29) is 25.7 Å². The Bertz CT molecular complexity index is 1980. The Hall–Kier alpha value is -1.94. The van der Waals surface area contributed by atoms with Gasteiger partial charge < -0.3 is 33.8 Å². The summed E-state index contributed by atoms with van der Waals surface area (Å²) in [7, 11) is -9.92. The number of unbranched alkanes of at least 4 members (excludes halogenated alkanes) is 53. The molecule has 612 valence electrons. The fourth-order valence-corrected chi connectivity index (χ4v) is 14.6. The first-order valence-electron chi connectivity index (χ1n) is 43.5. The van der Waals surface area contributed by atoms with Crippen LogP contribution in [0.4, 0.5) is 0 Å². The van der Waals surface area contributed by atoms with E-state index < -0.39 is 97.5 Å². The van der Waals surface area contributed by atoms with Crippen molar-refractivity contribution in [3.05, 3.63) is 0 Å². The maximum Gasteiger partial charge on any atom is 0.472 e. The molecule has 0 aliphatic carbocycles. The number of hydrogen-bond acceptors (Lipinski definition) is 15. The number of aliphatic hydroxyl groups is 1. The number of carbonyl (C=O) groups is 4. The Morgan fingerprint density at radius 2 is 0.447 bits per heavy atom. The molecule has 0 aliphatic rings. The van der Waals surface area contributed by atoms with E-state index in [0.717, 1.165) is 102 Å². The van der Waals surface area contributed by atoms with E-state index in [0.29, 0.717) is 25.7 Å². The van der Waals surface area contributed by atoms with Crippen molar-refractivity contribution in [1.82, 2.24) is 0 Å². The van der Waals surface area contributed by atoms with Gasteiger partial charge in [-0.15, -0.1) is 0 Å². The molecule has 103 heavy (non-hydrogen) atoms. The quantitative estimate of drug-likeness (QED) is 0.0222. The zero-order valence-electron chi connectivity index (χ0n) is 67.6. The number of rotatable bonds is 83. The molecule has 0 saturated heterocycles. The van der Waals surface area contributed by atoms with Crippen LogP contribution in [0.15, 0.2) is 0 Å². The fourth-order valence-electron chi connectivity index (χ4n) is 13.1. The molecule has 2 unspecified atom stereocenters. The summed E-state index contributed by atoms with van der Waals surface area (Å²) in [5, 5.41) is 10.7. The van der Waals surface area contributed by atoms with Gasteiger partial charge in [-0.05, 0) is 37.5 Å². The van der Waals surface area contributed by atoms with Gasteiger partial charge in [-0.1, -0.05) is 395 Å². The first kappa shape index (κ1) is 101. The number of aliphatic hydroxyl groups excluding tert-OH is 1. The molecule has 17 nitrogen and oxygen atoms in total. The smallest absolute Gasteiger partial charge is 0.462 e. The van der Waals surface area contributed by atoms with E-state index in [1.165, 1.54) is 263 Å². The lowest BCUT2D eigenvalue weighted by atomic mass is 10.0. The molecule has 0 aromatic heterocycles. The normalized spacial score (nSPS) is 13.9. The number of phosphoric acid groups is 2. The van der Waals surface area contributed by atoms with Crippen molar-refractivity contribution in [3.8, 4) is 0 Å². The molecule has 0 aliphatic heterocycles. The van der Waals surface area contributed by atoms with E-state index in [2.05, 4.69) is 41.5 Å². The van der Waals surface area contributed by atoms with Crippen molar-refractivity contribution in [1.29, 1.82) is 0 Å². The van der Waals surface area contributed by atoms with Crippen LogP contribution in [0.3, 0.4) is 0 Å². The molecular weight excluding hydrogens is 1340 g/mol. The Morgan fingerprint density at radius 3 is 0.660 bits per heavy atom. The summed E-state index contributed by atoms with van der Waals surface area (Å²) in [6, 6.07) is 0. The van der Waals surface area contributed by atoms with Crippen LogP contribution in [0.2, 0.25) is 0 Å². The van der Waals surface area contributed by atoms with Gasteiger partial charge in [0.1, 0.15) is 19.3 Å². The van der Waals surface area contributed by atoms with E-state index >= 15 is 0 Å². The van der Waals surface area contributed by atoms with Crippen LogP contribution >= 0.6 is 15.6 Å². The maximum atomic E-state index is 13.1. The monoisotopic (exact) mass is 1510 g/mol. The summed E-state index contributed by atoms with van der Waals surface area (Å²) in [6.07, 6.45) is 66.8. The molecule has 0 radical (unpaired) electrons. The van der Waals surface area contributed by atoms with Gasteiger partial charge in [0.05, 0.1) is 26.4 Å². The minimum Gasteiger partial charge on any atom is -0.462 e. The summed E-state index contributed by atoms with van der Waals surface area (Å²) in [5.41, 5.74) is 0. The second-order valence-electron chi connectivity index (χ2n) is 31.2. The van der Waals surface area contributed by atoms with Crippen molar-refractivity contribution in [2.24, 2.45) is 11.8 Å². The molecule has 0 aromatic rings. The number of hydrogen-bond donors (Lipinski definition) is 3. The van der Waals surface area contributed by atoms with E-state index in [1.54, 1.807) is 0 Å². The van der Waals surface area contributed by atoms with Gasteiger partial charge in [0.2, 0.25) is 0 Å². The van der Waals surface area contributed by atoms with Gasteiger partial charge in [0.25, 0.3) is 0 Å². The number of phosphoric ester groups is 2. The summed E-state index contributed by atoms with van der Waals surface area (Å²) >= 11 is 0. The summed E-state index contributed by atoms with van der Waals surface area (Å²) in [6.45, 7) is 9.65. The summed E-state index contributed by atoms with van der Waals surface area (Å²) in [5.74, 6) is -0.558. The van der Waals surface area contributed by atoms with Gasteiger partial charge in [0, 0.05) is 25.7 Å². The lowest BCUT2D eigenvalue weighted by Gasteiger charge is -2.21. The highest BCUT2D eigenvalue weighted by atomic mass is 31.2. The lowest BCUT2D eigenvalue weighted by molar-refractivity contribution is -0.161. The first-order valence-corrected chi connectivity index (χ1v) is 46.5. The fraction of sp³-hybridized carbons (Fsp3) is 0.952. The highest BCUT2D eigenvalue weighted by Gasteiger charge is 2.30. The molecule has 0 aromatic carbocycles. The van der Waals surface area contributed by atoms with Crippen molar-refractivity contribution in [3.63, 3.8) is 0 Å². The Kier molecular flexibility index (Phi) is 74.1. The van der Waals surface area contributed by atoms with Crippen LogP contribution in [0.1, 0.15) is 446 Å². The lowest BCUT2D eigenvalue weighted by Crippen LogP contribution is -2.30. The minimum atomic E-state index is -4.96. The Balaban J connectivity index is 5.20. The van der Waals surface area contributed by atoms with Crippen LogP contribution in [0.25, 0.3) is 0 Å². The molecule has 0 bridgehead atoms. The average molecular weight is 1510 g/mol. The topological polar surface area (TPSA) is 237 Å². The standard InChI is InChI=1S/C84H164O17P2/c1-7-9-11-13-15-17-19-20-21-22-23-24-25-26-27-32-35-38-44-50-56-62-68-83(88)100-79(73-95-82(87)67-61-55-49-43-37-34-31-29-28-30-33-36-40-46-52-58-64-76(3)4)74-98-102(90,91)96-70-78(85)71-97-103(92,93)99-75-80(72-94-81(86)66-60-54-48-42-18-16-14-12-10-8-2)101-84(89)69-63-57-51-45-39-41-47-53-59-65-77(5)6/h76-80,85H,7-75H2,1-6H3,(H,90,91)(H,92,93)/t78-,79-,80-/m1/s1. The van der Waals surface area contributed by atoms with Gasteiger partial charge in [0.15, 0.2) is 12.2 Å². The molecule has 5 atom stereocenters. The second kappa shape index (κ2) is 75.5. The first-order chi connectivity index (χ1) is 49.9. The molecule has 0 heterocycles. The van der Waals surface area contributed by atoms with Crippen molar-refractivity contribution in [2.45, 2.75) is 464 Å².